The van der Waals surface area contributed by atoms with Crippen LogP contribution in [0, 0.1) is 17.8 Å². The zero-order valence-corrected chi connectivity index (χ0v) is 28.6. The first-order chi connectivity index (χ1) is 23.4. The van der Waals surface area contributed by atoms with Crippen molar-refractivity contribution in [2.45, 2.75) is 56.2 Å². The Morgan fingerprint density at radius 2 is 1.65 bits per heavy atom. The number of amides is 1. The van der Waals surface area contributed by atoms with E-state index in [0.717, 1.165) is 42.3 Å². The summed E-state index contributed by atoms with van der Waals surface area (Å²) in [5.74, 6) is -1.28. The van der Waals surface area contributed by atoms with E-state index in [1.165, 1.54) is 6.07 Å². The number of hydrogen-bond donors (Lipinski definition) is 1. The largest absolute Gasteiger partial charge is 0.497 e. The number of carbonyl (C=O) groups excluding carboxylic acids is 1. The summed E-state index contributed by atoms with van der Waals surface area (Å²) in [6, 6.07) is 11.8. The first kappa shape index (κ1) is 35.5. The van der Waals surface area contributed by atoms with Gasteiger partial charge in [0.25, 0.3) is 0 Å². The summed E-state index contributed by atoms with van der Waals surface area (Å²) < 4.78 is 58.6. The number of anilines is 1. The van der Waals surface area contributed by atoms with Gasteiger partial charge in [0.1, 0.15) is 5.75 Å². The second-order valence-electron chi connectivity index (χ2n) is 14.4. The van der Waals surface area contributed by atoms with Gasteiger partial charge in [-0.15, -0.1) is 0 Å². The van der Waals surface area contributed by atoms with Crippen LogP contribution in [0.15, 0.2) is 42.5 Å². The number of ether oxygens (including phenoxy) is 3. The fraction of sp³-hybridized carbons (Fsp3) is 0.622. The van der Waals surface area contributed by atoms with Crippen molar-refractivity contribution in [2.24, 2.45) is 17.8 Å². The summed E-state index contributed by atoms with van der Waals surface area (Å²) in [4.78, 5) is 32.6. The number of methoxy groups -OCH3 is 2. The number of carbonyl (C=O) groups is 2. The molecule has 9 nitrogen and oxygen atoms in total. The third-order valence-corrected chi connectivity index (χ3v) is 11.6. The highest BCUT2D eigenvalue weighted by atomic mass is 19.4. The fourth-order valence-electron chi connectivity index (χ4n) is 8.51. The number of benzene rings is 2. The molecule has 0 unspecified atom stereocenters. The molecule has 0 radical (unpaired) electrons. The van der Waals surface area contributed by atoms with E-state index >= 15 is 0 Å². The maximum atomic E-state index is 14.7. The zero-order valence-electron chi connectivity index (χ0n) is 28.6. The number of carboxylic acids is 1. The van der Waals surface area contributed by atoms with E-state index in [2.05, 4.69) is 11.8 Å². The number of likely N-dealkylation sites (tertiary alicyclic amines) is 2. The van der Waals surface area contributed by atoms with Crippen LogP contribution in [0.2, 0.25) is 0 Å². The van der Waals surface area contributed by atoms with Crippen LogP contribution in [0.5, 0.6) is 5.75 Å². The molecule has 4 aliphatic heterocycles. The van der Waals surface area contributed by atoms with Gasteiger partial charge >= 0.3 is 12.1 Å². The Morgan fingerprint density at radius 3 is 2.27 bits per heavy atom. The van der Waals surface area contributed by atoms with Crippen molar-refractivity contribution in [1.82, 2.24) is 9.80 Å². The Labute approximate surface area is 286 Å². The van der Waals surface area contributed by atoms with E-state index < -0.39 is 23.6 Å². The summed E-state index contributed by atoms with van der Waals surface area (Å²) in [5, 5.41) is 9.52. The monoisotopic (exact) mass is 687 g/mol. The molecule has 0 bridgehead atoms. The van der Waals surface area contributed by atoms with Crippen molar-refractivity contribution in [3.8, 4) is 5.75 Å². The highest BCUT2D eigenvalue weighted by molar-refractivity contribution is 5.81. The molecule has 4 saturated heterocycles. The SMILES string of the molecule is COC[C@H]1CN(C(=O)[C@@H]2CN(C3(C)CCOCC3)C[C@H]2c2ccc(OC)cc2)C[C@@H]1c1ccc(C(F)(F)F)cc1N1CCC(C(=O)O)CC1. The molecule has 0 aromatic heterocycles. The normalized spacial score (nSPS) is 26.7. The van der Waals surface area contributed by atoms with Gasteiger partial charge in [0, 0.05) is 88.6 Å². The Hall–Kier alpha value is -3.35. The van der Waals surface area contributed by atoms with Crippen molar-refractivity contribution < 1.29 is 42.1 Å². The summed E-state index contributed by atoms with van der Waals surface area (Å²) >= 11 is 0. The number of halogens is 3. The lowest BCUT2D eigenvalue weighted by atomic mass is 9.86. The fourth-order valence-corrected chi connectivity index (χ4v) is 8.51. The average molecular weight is 688 g/mol. The van der Waals surface area contributed by atoms with Gasteiger partial charge in [0.15, 0.2) is 0 Å². The molecule has 6 rings (SSSR count). The minimum absolute atomic E-state index is 0.0323. The van der Waals surface area contributed by atoms with E-state index in [-0.39, 0.29) is 35.1 Å². The molecule has 2 aromatic carbocycles. The molecule has 4 atom stereocenters. The topological polar surface area (TPSA) is 91.8 Å². The molecule has 4 heterocycles. The molecule has 4 aliphatic rings. The molecule has 49 heavy (non-hydrogen) atoms. The number of nitrogens with zero attached hydrogens (tertiary/aromatic N) is 3. The predicted molar refractivity (Wildman–Crippen MR) is 178 cm³/mol. The first-order valence-corrected chi connectivity index (χ1v) is 17.3. The van der Waals surface area contributed by atoms with Gasteiger partial charge in [-0.05, 0) is 68.0 Å². The molecule has 1 amide bonds. The zero-order chi connectivity index (χ0) is 34.9. The van der Waals surface area contributed by atoms with Gasteiger partial charge < -0.3 is 29.1 Å². The lowest BCUT2D eigenvalue weighted by molar-refractivity contribution is -0.142. The molecule has 0 saturated carbocycles. The van der Waals surface area contributed by atoms with Crippen LogP contribution in [0.25, 0.3) is 0 Å². The van der Waals surface area contributed by atoms with Crippen molar-refractivity contribution >= 4 is 17.6 Å². The van der Waals surface area contributed by atoms with Gasteiger partial charge in [-0.25, -0.2) is 0 Å². The minimum atomic E-state index is -4.53. The van der Waals surface area contributed by atoms with E-state index in [9.17, 15) is 27.9 Å². The van der Waals surface area contributed by atoms with Crippen molar-refractivity contribution in [3.63, 3.8) is 0 Å². The molecule has 4 fully saturated rings. The number of rotatable bonds is 9. The lowest BCUT2D eigenvalue weighted by Crippen LogP contribution is -2.49. The number of piperidine rings is 1. The van der Waals surface area contributed by atoms with Gasteiger partial charge in [0.05, 0.1) is 31.1 Å². The summed E-state index contributed by atoms with van der Waals surface area (Å²) in [6.45, 7) is 6.86. The smallest absolute Gasteiger partial charge is 0.416 e. The molecule has 12 heteroatoms. The highest BCUT2D eigenvalue weighted by Gasteiger charge is 2.49. The number of carboxylic acid groups (broad SMARTS) is 1. The molecular weight excluding hydrogens is 639 g/mol. The van der Waals surface area contributed by atoms with E-state index in [1.54, 1.807) is 20.3 Å². The summed E-state index contributed by atoms with van der Waals surface area (Å²) in [6.07, 6.45) is -2.02. The third-order valence-electron chi connectivity index (χ3n) is 11.6. The predicted octanol–water partition coefficient (Wildman–Crippen LogP) is 5.49. The maximum Gasteiger partial charge on any atom is 0.416 e. The number of aliphatic carboxylic acids is 1. The van der Waals surface area contributed by atoms with Crippen LogP contribution < -0.4 is 9.64 Å². The van der Waals surface area contributed by atoms with Crippen LogP contribution in [0.1, 0.15) is 61.1 Å². The van der Waals surface area contributed by atoms with E-state index in [4.69, 9.17) is 14.2 Å². The molecular formula is C37H48F3N3O6. The van der Waals surface area contributed by atoms with Crippen LogP contribution in [-0.4, -0.2) is 106 Å². The lowest BCUT2D eigenvalue weighted by Gasteiger charge is -2.42. The van der Waals surface area contributed by atoms with Crippen molar-refractivity contribution in [1.29, 1.82) is 0 Å². The molecule has 0 spiro atoms. The second kappa shape index (κ2) is 14.5. The van der Waals surface area contributed by atoms with Gasteiger partial charge in [-0.1, -0.05) is 18.2 Å². The van der Waals surface area contributed by atoms with Gasteiger partial charge in [0.2, 0.25) is 5.91 Å². The van der Waals surface area contributed by atoms with Crippen LogP contribution in [0.3, 0.4) is 0 Å². The number of alkyl halides is 3. The summed E-state index contributed by atoms with van der Waals surface area (Å²) in [7, 11) is 3.24. The van der Waals surface area contributed by atoms with Gasteiger partial charge in [-0.2, -0.15) is 13.2 Å². The molecule has 0 aliphatic carbocycles. The van der Waals surface area contributed by atoms with Crippen LogP contribution in [0.4, 0.5) is 18.9 Å². The highest BCUT2D eigenvalue weighted by Crippen LogP contribution is 2.45. The molecule has 2 aromatic rings. The first-order valence-electron chi connectivity index (χ1n) is 17.3. The minimum Gasteiger partial charge on any atom is -0.497 e. The standard InChI is InChI=1S/C37H48F3N3O6/c1-36(12-16-49-17-13-36)43-21-31(24-4-7-28(48-3)8-5-24)32(22-43)34(44)42-19-26(23-47-2)30(20-42)29-9-6-27(37(38,39)40)18-33(29)41-14-10-25(11-15-41)35(45)46/h4-9,18,25-26,30-32H,10-17,19-23H2,1-3H3,(H,45,46)/t26-,30+,31+,32-/m1/s1. The Bertz CT molecular complexity index is 1470. The van der Waals surface area contributed by atoms with Gasteiger partial charge in [-0.3, -0.25) is 14.5 Å². The van der Waals surface area contributed by atoms with E-state index in [0.29, 0.717) is 71.1 Å². The average Bonchev–Trinajstić information content (AvgIpc) is 3.74. The Morgan fingerprint density at radius 1 is 0.959 bits per heavy atom. The molecule has 1 N–H and O–H groups in total. The van der Waals surface area contributed by atoms with Crippen molar-refractivity contribution in [3.05, 3.63) is 59.2 Å². The van der Waals surface area contributed by atoms with Crippen LogP contribution >= 0.6 is 0 Å². The number of hydrogen-bond acceptors (Lipinski definition) is 7. The Balaban J connectivity index is 1.30. The third kappa shape index (κ3) is 7.42. The maximum absolute atomic E-state index is 14.7. The Kier molecular flexibility index (Phi) is 10.5. The summed E-state index contributed by atoms with van der Waals surface area (Å²) in [5.41, 5.74) is 1.48. The van der Waals surface area contributed by atoms with E-state index in [1.807, 2.05) is 34.1 Å². The second-order valence-corrected chi connectivity index (χ2v) is 14.4. The molecule has 268 valence electrons. The van der Waals surface area contributed by atoms with Crippen LogP contribution in [-0.2, 0) is 25.2 Å². The quantitative estimate of drug-likeness (QED) is 0.371. The van der Waals surface area contributed by atoms with Crippen molar-refractivity contribution in [2.75, 3.05) is 78.2 Å².